The molecule has 5 nitrogen and oxygen atoms in total. The quantitative estimate of drug-likeness (QED) is 0.886. The largest absolute Gasteiger partial charge is 0.454 e. The van der Waals surface area contributed by atoms with E-state index in [-0.39, 0.29) is 23.5 Å². The summed E-state index contributed by atoms with van der Waals surface area (Å²) in [6.07, 6.45) is 1.42. The van der Waals surface area contributed by atoms with E-state index < -0.39 is 11.6 Å². The fourth-order valence-electron chi connectivity index (χ4n) is 3.62. The molecule has 1 fully saturated rings. The van der Waals surface area contributed by atoms with Gasteiger partial charge in [0.15, 0.2) is 23.1 Å². The van der Waals surface area contributed by atoms with Gasteiger partial charge in [0.25, 0.3) is 0 Å². The van der Waals surface area contributed by atoms with Gasteiger partial charge in [-0.3, -0.25) is 0 Å². The molecule has 2 heterocycles. The molecule has 1 saturated heterocycles. The van der Waals surface area contributed by atoms with Crippen molar-refractivity contribution >= 4 is 5.69 Å². The molecule has 0 atom stereocenters. The molecule has 0 aliphatic carbocycles. The summed E-state index contributed by atoms with van der Waals surface area (Å²) in [5.74, 6) is -0.189. The zero-order valence-electron chi connectivity index (χ0n) is 14.6. The summed E-state index contributed by atoms with van der Waals surface area (Å²) in [6.45, 7) is 1.65. The SMILES string of the molecule is N#Cc1cc(F)c(NCC2(c3ccc4c(c3)OCO4)CCOCC2)c(F)c1. The van der Waals surface area contributed by atoms with Gasteiger partial charge in [-0.2, -0.15) is 5.26 Å². The van der Waals surface area contributed by atoms with Crippen LogP contribution in [0, 0.1) is 23.0 Å². The van der Waals surface area contributed by atoms with Crippen LogP contribution >= 0.6 is 0 Å². The van der Waals surface area contributed by atoms with Crippen molar-refractivity contribution in [2.45, 2.75) is 18.3 Å². The van der Waals surface area contributed by atoms with Gasteiger partial charge in [-0.15, -0.1) is 0 Å². The summed E-state index contributed by atoms with van der Waals surface area (Å²) in [6, 6.07) is 9.56. The zero-order chi connectivity index (χ0) is 18.9. The van der Waals surface area contributed by atoms with E-state index in [1.165, 1.54) is 0 Å². The Hall–Kier alpha value is -2.85. The van der Waals surface area contributed by atoms with E-state index in [1.807, 2.05) is 18.2 Å². The first-order chi connectivity index (χ1) is 13.1. The Balaban J connectivity index is 1.63. The highest BCUT2D eigenvalue weighted by atomic mass is 19.1. The Kier molecular flexibility index (Phi) is 4.58. The van der Waals surface area contributed by atoms with Crippen LogP contribution in [0.25, 0.3) is 0 Å². The minimum Gasteiger partial charge on any atom is -0.454 e. The molecule has 2 aromatic rings. The molecule has 4 rings (SSSR count). The molecule has 27 heavy (non-hydrogen) atoms. The van der Waals surface area contributed by atoms with Crippen molar-refractivity contribution in [1.82, 2.24) is 0 Å². The van der Waals surface area contributed by atoms with E-state index in [2.05, 4.69) is 5.32 Å². The van der Waals surface area contributed by atoms with Gasteiger partial charge < -0.3 is 19.5 Å². The van der Waals surface area contributed by atoms with Crippen LogP contribution < -0.4 is 14.8 Å². The number of anilines is 1. The Morgan fingerprint density at radius 1 is 1.04 bits per heavy atom. The number of nitrogens with zero attached hydrogens (tertiary/aromatic N) is 1. The zero-order valence-corrected chi connectivity index (χ0v) is 14.6. The molecule has 0 spiro atoms. The first kappa shape index (κ1) is 17.6. The Labute approximate surface area is 155 Å². The Morgan fingerprint density at radius 2 is 1.74 bits per heavy atom. The topological polar surface area (TPSA) is 63.5 Å². The fourth-order valence-corrected chi connectivity index (χ4v) is 3.62. The van der Waals surface area contributed by atoms with Crippen LogP contribution in [0.4, 0.5) is 14.5 Å². The average molecular weight is 372 g/mol. The third-order valence-electron chi connectivity index (χ3n) is 5.21. The predicted molar refractivity (Wildman–Crippen MR) is 93.9 cm³/mol. The number of benzene rings is 2. The molecule has 7 heteroatoms. The van der Waals surface area contributed by atoms with E-state index in [0.29, 0.717) is 44.1 Å². The van der Waals surface area contributed by atoms with Gasteiger partial charge in [0.05, 0.1) is 11.6 Å². The molecule has 0 saturated carbocycles. The lowest BCUT2D eigenvalue weighted by molar-refractivity contribution is 0.0543. The fraction of sp³-hybridized carbons (Fsp3) is 0.350. The lowest BCUT2D eigenvalue weighted by atomic mass is 9.74. The van der Waals surface area contributed by atoms with Crippen LogP contribution in [-0.4, -0.2) is 26.6 Å². The number of hydrogen-bond acceptors (Lipinski definition) is 5. The van der Waals surface area contributed by atoms with Gasteiger partial charge in [0.1, 0.15) is 5.69 Å². The second kappa shape index (κ2) is 7.05. The smallest absolute Gasteiger partial charge is 0.231 e. The first-order valence-corrected chi connectivity index (χ1v) is 8.72. The van der Waals surface area contributed by atoms with Crippen molar-refractivity contribution in [3.05, 3.63) is 53.1 Å². The normalized spacial score (nSPS) is 17.4. The summed E-state index contributed by atoms with van der Waals surface area (Å²) in [7, 11) is 0. The van der Waals surface area contributed by atoms with Crippen LogP contribution in [0.1, 0.15) is 24.0 Å². The molecular formula is C20H18F2N2O3. The molecule has 1 N–H and O–H groups in total. The lowest BCUT2D eigenvalue weighted by Crippen LogP contribution is -2.40. The van der Waals surface area contributed by atoms with Crippen molar-refractivity contribution < 1.29 is 23.0 Å². The monoisotopic (exact) mass is 372 g/mol. The molecule has 0 radical (unpaired) electrons. The minimum atomic E-state index is -0.778. The molecule has 140 valence electrons. The molecule has 2 aromatic carbocycles. The summed E-state index contributed by atoms with van der Waals surface area (Å²) < 4.78 is 44.8. The molecule has 0 amide bonds. The summed E-state index contributed by atoms with van der Waals surface area (Å²) >= 11 is 0. The average Bonchev–Trinajstić information content (AvgIpc) is 3.15. The second-order valence-electron chi connectivity index (χ2n) is 6.74. The van der Waals surface area contributed by atoms with Gasteiger partial charge >= 0.3 is 0 Å². The first-order valence-electron chi connectivity index (χ1n) is 8.72. The highest BCUT2D eigenvalue weighted by molar-refractivity contribution is 5.52. The summed E-state index contributed by atoms with van der Waals surface area (Å²) in [4.78, 5) is 0. The van der Waals surface area contributed by atoms with Crippen LogP contribution in [0.15, 0.2) is 30.3 Å². The molecule has 2 aliphatic rings. The maximum atomic E-state index is 14.2. The molecule has 2 aliphatic heterocycles. The summed E-state index contributed by atoms with van der Waals surface area (Å²) in [5, 5.41) is 11.8. The number of fused-ring (bicyclic) bond motifs is 1. The minimum absolute atomic E-state index is 0.0490. The van der Waals surface area contributed by atoms with Gasteiger partial charge in [0, 0.05) is 25.2 Å². The Morgan fingerprint density at radius 3 is 2.44 bits per heavy atom. The molecule has 0 unspecified atom stereocenters. The third kappa shape index (κ3) is 3.28. The molecule has 0 aromatic heterocycles. The maximum absolute atomic E-state index is 14.2. The number of rotatable bonds is 4. The maximum Gasteiger partial charge on any atom is 0.231 e. The molecule has 0 bridgehead atoms. The van der Waals surface area contributed by atoms with Crippen molar-refractivity contribution in [3.8, 4) is 17.6 Å². The van der Waals surface area contributed by atoms with E-state index in [9.17, 15) is 8.78 Å². The van der Waals surface area contributed by atoms with E-state index in [0.717, 1.165) is 17.7 Å². The third-order valence-corrected chi connectivity index (χ3v) is 5.21. The van der Waals surface area contributed by atoms with E-state index >= 15 is 0 Å². The predicted octanol–water partition coefficient (Wildman–Crippen LogP) is 3.73. The summed E-state index contributed by atoms with van der Waals surface area (Å²) in [5.41, 5.74) is 0.385. The number of ether oxygens (including phenoxy) is 3. The molecular weight excluding hydrogens is 354 g/mol. The van der Waals surface area contributed by atoms with Crippen LogP contribution in [0.2, 0.25) is 0 Å². The van der Waals surface area contributed by atoms with Gasteiger partial charge in [-0.25, -0.2) is 8.78 Å². The highest BCUT2D eigenvalue weighted by Crippen LogP contribution is 2.41. The van der Waals surface area contributed by atoms with E-state index in [4.69, 9.17) is 19.5 Å². The number of nitriles is 1. The van der Waals surface area contributed by atoms with Gasteiger partial charge in [-0.1, -0.05) is 6.07 Å². The Bertz CT molecular complexity index is 882. The number of hydrogen-bond donors (Lipinski definition) is 1. The standard InChI is InChI=1S/C20H18F2N2O3/c21-15-7-13(10-23)8-16(22)19(15)24-11-20(3-5-25-6-4-20)14-1-2-17-18(9-14)27-12-26-17/h1-2,7-9,24H,3-6,11-12H2. The van der Waals surface area contributed by atoms with Crippen molar-refractivity contribution in [2.24, 2.45) is 0 Å². The van der Waals surface area contributed by atoms with Gasteiger partial charge in [0.2, 0.25) is 6.79 Å². The second-order valence-corrected chi connectivity index (χ2v) is 6.74. The van der Waals surface area contributed by atoms with Crippen molar-refractivity contribution in [1.29, 1.82) is 5.26 Å². The number of halogens is 2. The van der Waals surface area contributed by atoms with Crippen molar-refractivity contribution in [2.75, 3.05) is 31.9 Å². The van der Waals surface area contributed by atoms with Gasteiger partial charge in [-0.05, 0) is 42.7 Å². The van der Waals surface area contributed by atoms with Crippen LogP contribution in [0.5, 0.6) is 11.5 Å². The van der Waals surface area contributed by atoms with Crippen LogP contribution in [0.3, 0.4) is 0 Å². The van der Waals surface area contributed by atoms with Crippen LogP contribution in [-0.2, 0) is 10.2 Å². The number of nitrogens with one attached hydrogen (secondary N) is 1. The lowest BCUT2D eigenvalue weighted by Gasteiger charge is -2.38. The van der Waals surface area contributed by atoms with Crippen molar-refractivity contribution in [3.63, 3.8) is 0 Å². The van der Waals surface area contributed by atoms with E-state index in [1.54, 1.807) is 6.07 Å². The highest BCUT2D eigenvalue weighted by Gasteiger charge is 2.36.